The normalized spacial score (nSPS) is 17.5. The molecule has 0 aliphatic carbocycles. The smallest absolute Gasteiger partial charge is 0.207 e. The molecule has 0 spiro atoms. The van der Waals surface area contributed by atoms with E-state index in [1.165, 1.54) is 0 Å². The number of benzene rings is 1. The summed E-state index contributed by atoms with van der Waals surface area (Å²) in [6.45, 7) is 4.93. The van der Waals surface area contributed by atoms with E-state index in [-0.39, 0.29) is 0 Å². The van der Waals surface area contributed by atoms with E-state index in [0.29, 0.717) is 18.0 Å². The third-order valence-electron chi connectivity index (χ3n) is 2.82. The third kappa shape index (κ3) is 2.03. The van der Waals surface area contributed by atoms with E-state index in [0.717, 1.165) is 18.4 Å². The predicted molar refractivity (Wildman–Crippen MR) is 64.5 cm³/mol. The van der Waals surface area contributed by atoms with E-state index < -0.39 is 10.0 Å². The van der Waals surface area contributed by atoms with Crippen LogP contribution in [0.3, 0.4) is 0 Å². The van der Waals surface area contributed by atoms with Gasteiger partial charge < -0.3 is 0 Å². The Morgan fingerprint density at radius 1 is 1.12 bits per heavy atom. The van der Waals surface area contributed by atoms with Crippen LogP contribution in [0.1, 0.15) is 18.4 Å². The molecule has 0 bridgehead atoms. The maximum absolute atomic E-state index is 12.1. The van der Waals surface area contributed by atoms with Crippen LogP contribution in [0, 0.1) is 0 Å². The van der Waals surface area contributed by atoms with Crippen LogP contribution in [-0.2, 0) is 10.0 Å². The highest BCUT2D eigenvalue weighted by Gasteiger charge is 2.26. The molecule has 1 heterocycles. The van der Waals surface area contributed by atoms with Crippen molar-refractivity contribution in [2.45, 2.75) is 17.7 Å². The van der Waals surface area contributed by atoms with Crippen molar-refractivity contribution in [3.05, 3.63) is 36.4 Å². The molecule has 1 aromatic rings. The monoisotopic (exact) mass is 237 g/mol. The fourth-order valence-corrected chi connectivity index (χ4v) is 3.37. The van der Waals surface area contributed by atoms with E-state index >= 15 is 0 Å². The second-order valence-electron chi connectivity index (χ2n) is 3.88. The first kappa shape index (κ1) is 11.4. The molecule has 0 atom stereocenters. The van der Waals surface area contributed by atoms with E-state index in [9.17, 15) is 8.42 Å². The van der Waals surface area contributed by atoms with Crippen molar-refractivity contribution in [2.75, 3.05) is 13.1 Å². The summed E-state index contributed by atoms with van der Waals surface area (Å²) >= 11 is 0. The highest BCUT2D eigenvalue weighted by atomic mass is 32.2. The molecule has 1 saturated heterocycles. The summed E-state index contributed by atoms with van der Waals surface area (Å²) in [4.78, 5) is 0.375. The fourth-order valence-electron chi connectivity index (χ4n) is 1.85. The number of hydrogen-bond acceptors (Lipinski definition) is 2. The lowest BCUT2D eigenvalue weighted by molar-refractivity contribution is 0.477. The zero-order valence-electron chi connectivity index (χ0n) is 9.09. The lowest BCUT2D eigenvalue weighted by Crippen LogP contribution is -2.27. The molecule has 0 saturated carbocycles. The standard InChI is InChI=1S/C12H15NO2S/c1-2-11-5-7-12(8-6-11)16(14,15)13-9-3-4-10-13/h2,5-8H,1,3-4,9-10H2. The zero-order chi connectivity index (χ0) is 11.6. The van der Waals surface area contributed by atoms with Crippen LogP contribution in [0.15, 0.2) is 35.7 Å². The molecule has 1 aromatic carbocycles. The van der Waals surface area contributed by atoms with Gasteiger partial charge in [0.05, 0.1) is 4.90 Å². The molecule has 0 amide bonds. The quantitative estimate of drug-likeness (QED) is 0.807. The molecule has 1 fully saturated rings. The van der Waals surface area contributed by atoms with Crippen LogP contribution in [0.25, 0.3) is 6.08 Å². The maximum atomic E-state index is 12.1. The van der Waals surface area contributed by atoms with Crippen LogP contribution in [0.4, 0.5) is 0 Å². The van der Waals surface area contributed by atoms with Crippen LogP contribution in [0.5, 0.6) is 0 Å². The van der Waals surface area contributed by atoms with Gasteiger partial charge in [-0.2, -0.15) is 4.31 Å². The Morgan fingerprint density at radius 2 is 1.69 bits per heavy atom. The summed E-state index contributed by atoms with van der Waals surface area (Å²) in [6, 6.07) is 6.83. The van der Waals surface area contributed by atoms with Gasteiger partial charge in [0.1, 0.15) is 0 Å². The minimum absolute atomic E-state index is 0.375. The number of sulfonamides is 1. The van der Waals surface area contributed by atoms with Crippen LogP contribution < -0.4 is 0 Å². The SMILES string of the molecule is C=Cc1ccc(S(=O)(=O)N2CCCC2)cc1. The second kappa shape index (κ2) is 4.39. The molecule has 2 rings (SSSR count). The zero-order valence-corrected chi connectivity index (χ0v) is 9.91. The lowest BCUT2D eigenvalue weighted by Gasteiger charge is -2.15. The van der Waals surface area contributed by atoms with Crippen molar-refractivity contribution in [1.29, 1.82) is 0 Å². The minimum atomic E-state index is -3.26. The highest BCUT2D eigenvalue weighted by molar-refractivity contribution is 7.89. The summed E-state index contributed by atoms with van der Waals surface area (Å²) in [5.74, 6) is 0. The average molecular weight is 237 g/mol. The first-order valence-electron chi connectivity index (χ1n) is 5.37. The molecule has 16 heavy (non-hydrogen) atoms. The second-order valence-corrected chi connectivity index (χ2v) is 5.82. The van der Waals surface area contributed by atoms with E-state index in [1.54, 1.807) is 34.6 Å². The molecule has 0 N–H and O–H groups in total. The van der Waals surface area contributed by atoms with E-state index in [1.807, 2.05) is 0 Å². The van der Waals surface area contributed by atoms with Gasteiger partial charge >= 0.3 is 0 Å². The number of nitrogens with zero attached hydrogens (tertiary/aromatic N) is 1. The Labute approximate surface area is 96.4 Å². The van der Waals surface area contributed by atoms with Crippen molar-refractivity contribution in [3.63, 3.8) is 0 Å². The van der Waals surface area contributed by atoms with Crippen molar-refractivity contribution >= 4 is 16.1 Å². The number of rotatable bonds is 3. The van der Waals surface area contributed by atoms with E-state index in [2.05, 4.69) is 6.58 Å². The Morgan fingerprint density at radius 3 is 2.19 bits per heavy atom. The lowest BCUT2D eigenvalue weighted by atomic mass is 10.2. The van der Waals surface area contributed by atoms with Gasteiger partial charge in [0.2, 0.25) is 10.0 Å². The van der Waals surface area contributed by atoms with Crippen molar-refractivity contribution in [3.8, 4) is 0 Å². The molecular weight excluding hydrogens is 222 g/mol. The highest BCUT2D eigenvalue weighted by Crippen LogP contribution is 2.21. The van der Waals surface area contributed by atoms with Gasteiger partial charge in [0, 0.05) is 13.1 Å². The van der Waals surface area contributed by atoms with Crippen LogP contribution in [0.2, 0.25) is 0 Å². The van der Waals surface area contributed by atoms with Gasteiger partial charge in [-0.05, 0) is 30.5 Å². The van der Waals surface area contributed by atoms with Gasteiger partial charge in [-0.1, -0.05) is 24.8 Å². The first-order chi connectivity index (χ1) is 7.64. The summed E-state index contributed by atoms with van der Waals surface area (Å²) in [6.07, 6.45) is 3.63. The Kier molecular flexibility index (Phi) is 3.12. The molecular formula is C12H15NO2S. The number of hydrogen-bond donors (Lipinski definition) is 0. The largest absolute Gasteiger partial charge is 0.243 e. The molecule has 1 aliphatic heterocycles. The Balaban J connectivity index is 2.31. The van der Waals surface area contributed by atoms with Crippen molar-refractivity contribution in [1.82, 2.24) is 4.31 Å². The summed E-state index contributed by atoms with van der Waals surface area (Å²) in [7, 11) is -3.26. The molecule has 86 valence electrons. The first-order valence-corrected chi connectivity index (χ1v) is 6.81. The van der Waals surface area contributed by atoms with Gasteiger partial charge in [-0.15, -0.1) is 0 Å². The minimum Gasteiger partial charge on any atom is -0.207 e. The summed E-state index contributed by atoms with van der Waals surface area (Å²) in [5.41, 5.74) is 0.931. The van der Waals surface area contributed by atoms with Crippen molar-refractivity contribution < 1.29 is 8.42 Å². The van der Waals surface area contributed by atoms with Gasteiger partial charge in [0.25, 0.3) is 0 Å². The molecule has 0 unspecified atom stereocenters. The van der Waals surface area contributed by atoms with Crippen molar-refractivity contribution in [2.24, 2.45) is 0 Å². The average Bonchev–Trinajstić information content (AvgIpc) is 2.83. The molecule has 3 nitrogen and oxygen atoms in total. The topological polar surface area (TPSA) is 37.4 Å². The molecule has 0 radical (unpaired) electrons. The molecule has 4 heteroatoms. The maximum Gasteiger partial charge on any atom is 0.243 e. The fraction of sp³-hybridized carbons (Fsp3) is 0.333. The van der Waals surface area contributed by atoms with Gasteiger partial charge in [-0.3, -0.25) is 0 Å². The molecule has 1 aliphatic rings. The van der Waals surface area contributed by atoms with E-state index in [4.69, 9.17) is 0 Å². The molecule has 0 aromatic heterocycles. The third-order valence-corrected chi connectivity index (χ3v) is 4.73. The predicted octanol–water partition coefficient (Wildman–Crippen LogP) is 2.11. The summed E-state index contributed by atoms with van der Waals surface area (Å²) < 4.78 is 25.8. The Bertz CT molecular complexity index is 470. The van der Waals surface area contributed by atoms with Gasteiger partial charge in [0.15, 0.2) is 0 Å². The van der Waals surface area contributed by atoms with Crippen LogP contribution in [-0.4, -0.2) is 25.8 Å². The Hall–Kier alpha value is -1.13. The van der Waals surface area contributed by atoms with Gasteiger partial charge in [-0.25, -0.2) is 8.42 Å². The van der Waals surface area contributed by atoms with Crippen LogP contribution >= 0.6 is 0 Å². The summed E-state index contributed by atoms with van der Waals surface area (Å²) in [5, 5.41) is 0.